The highest BCUT2D eigenvalue weighted by Gasteiger charge is 2.16. The van der Waals surface area contributed by atoms with E-state index in [4.69, 9.17) is 9.66 Å². The van der Waals surface area contributed by atoms with Crippen LogP contribution in [-0.4, -0.2) is 29.2 Å². The Bertz CT molecular complexity index is 588. The Hall–Kier alpha value is -0.950. The predicted molar refractivity (Wildman–Crippen MR) is 140 cm³/mol. The second-order valence-electron chi connectivity index (χ2n) is 9.87. The summed E-state index contributed by atoms with van der Waals surface area (Å²) in [5.74, 6) is -0.672. The summed E-state index contributed by atoms with van der Waals surface area (Å²) in [5, 5.41) is 7.54. The van der Waals surface area contributed by atoms with Crippen LogP contribution in [-0.2, 0) is 19.7 Å². The molecule has 0 aromatic rings. The summed E-state index contributed by atoms with van der Waals surface area (Å²) in [6.07, 6.45) is 28.1. The van der Waals surface area contributed by atoms with Crippen LogP contribution >= 0.6 is 0 Å². The van der Waals surface area contributed by atoms with Crippen molar-refractivity contribution in [2.75, 3.05) is 0 Å². The summed E-state index contributed by atoms with van der Waals surface area (Å²) in [6, 6.07) is 0. The zero-order valence-electron chi connectivity index (χ0n) is 21.6. The van der Waals surface area contributed by atoms with Gasteiger partial charge >= 0.3 is 16.1 Å². The van der Waals surface area contributed by atoms with Crippen LogP contribution in [0.15, 0.2) is 0 Å². The number of rotatable bonds is 26. The fraction of sp³-hybridized carbons (Fsp3) is 0.926. The molecule has 0 spiro atoms. The maximum absolute atomic E-state index is 11.1. The number of unbranched alkanes of at least 4 members (excludes halogenated alkanes) is 22. The molecule has 34 heavy (non-hydrogen) atoms. The standard InChI is InChI=1S/C27H52O6S/c28-26(29)24-22-20-18-16-14-12-10-8-6-4-2-1-3-5-7-9-11-13-15-17-19-21-23-25-27(30)34(31,32)33/h1-25H2,(H,28,29)(H,31,32,33). The SMILES string of the molecule is O=C(O)CCCCCCCCCCCCCCCCCCCCCCCCCC(=O)S(=O)(=O)O. The van der Waals surface area contributed by atoms with Crippen molar-refractivity contribution < 1.29 is 27.7 Å². The Labute approximate surface area is 209 Å². The van der Waals surface area contributed by atoms with Gasteiger partial charge in [-0.25, -0.2) is 0 Å². The quantitative estimate of drug-likeness (QED) is 0.0906. The lowest BCUT2D eigenvalue weighted by molar-refractivity contribution is -0.137. The van der Waals surface area contributed by atoms with Gasteiger partial charge in [0.2, 0.25) is 0 Å². The minimum atomic E-state index is -4.48. The molecule has 7 heteroatoms. The van der Waals surface area contributed by atoms with E-state index >= 15 is 0 Å². The van der Waals surface area contributed by atoms with E-state index in [1.165, 1.54) is 109 Å². The third-order valence-corrected chi connectivity index (χ3v) is 7.34. The van der Waals surface area contributed by atoms with Crippen molar-refractivity contribution in [3.8, 4) is 0 Å². The number of carboxylic acids is 1. The van der Waals surface area contributed by atoms with Crippen molar-refractivity contribution >= 4 is 21.2 Å². The number of carboxylic acid groups (broad SMARTS) is 1. The monoisotopic (exact) mass is 504 g/mol. The number of carbonyl (C=O) groups excluding carboxylic acids is 1. The van der Waals surface area contributed by atoms with Gasteiger partial charge < -0.3 is 5.11 Å². The molecular weight excluding hydrogens is 452 g/mol. The summed E-state index contributed by atoms with van der Waals surface area (Å²) in [6.45, 7) is 0. The minimum absolute atomic E-state index is 0.0707. The van der Waals surface area contributed by atoms with Crippen LogP contribution in [0, 0.1) is 0 Å². The lowest BCUT2D eigenvalue weighted by atomic mass is 10.0. The summed E-state index contributed by atoms with van der Waals surface area (Å²) < 4.78 is 29.8. The molecule has 0 aliphatic heterocycles. The molecule has 202 valence electrons. The summed E-state index contributed by atoms with van der Waals surface area (Å²) in [5.41, 5.74) is 0. The van der Waals surface area contributed by atoms with Gasteiger partial charge in [0, 0.05) is 12.8 Å². The lowest BCUT2D eigenvalue weighted by Crippen LogP contribution is -2.12. The Balaban J connectivity index is 3.11. The van der Waals surface area contributed by atoms with Crippen LogP contribution in [0.25, 0.3) is 0 Å². The largest absolute Gasteiger partial charge is 0.481 e. The van der Waals surface area contributed by atoms with Gasteiger partial charge in [-0.2, -0.15) is 8.42 Å². The van der Waals surface area contributed by atoms with Gasteiger partial charge in [-0.05, 0) is 12.8 Å². The molecule has 0 heterocycles. The average Bonchev–Trinajstić information content (AvgIpc) is 2.78. The van der Waals surface area contributed by atoms with Crippen LogP contribution in [0.2, 0.25) is 0 Å². The van der Waals surface area contributed by atoms with E-state index in [2.05, 4.69) is 0 Å². The Morgan fingerprint density at radius 1 is 0.412 bits per heavy atom. The minimum Gasteiger partial charge on any atom is -0.481 e. The van der Waals surface area contributed by atoms with E-state index in [1.54, 1.807) is 0 Å². The van der Waals surface area contributed by atoms with Gasteiger partial charge in [0.1, 0.15) is 0 Å². The van der Waals surface area contributed by atoms with E-state index in [-0.39, 0.29) is 6.42 Å². The van der Waals surface area contributed by atoms with Crippen molar-refractivity contribution in [3.63, 3.8) is 0 Å². The Morgan fingerprint density at radius 2 is 0.618 bits per heavy atom. The van der Waals surface area contributed by atoms with Crippen molar-refractivity contribution in [1.29, 1.82) is 0 Å². The topological polar surface area (TPSA) is 109 Å². The summed E-state index contributed by atoms with van der Waals surface area (Å²) in [7, 11) is -4.48. The van der Waals surface area contributed by atoms with E-state index in [9.17, 15) is 18.0 Å². The second kappa shape index (κ2) is 23.8. The van der Waals surface area contributed by atoms with Crippen molar-refractivity contribution in [2.45, 2.75) is 161 Å². The zero-order chi connectivity index (χ0) is 25.3. The number of hydrogen-bond acceptors (Lipinski definition) is 4. The zero-order valence-corrected chi connectivity index (χ0v) is 22.4. The highest BCUT2D eigenvalue weighted by atomic mass is 32.2. The highest BCUT2D eigenvalue weighted by Crippen LogP contribution is 2.16. The predicted octanol–water partition coefficient (Wildman–Crippen LogP) is 8.24. The molecule has 0 saturated carbocycles. The fourth-order valence-electron chi connectivity index (χ4n) is 4.39. The maximum Gasteiger partial charge on any atom is 0.328 e. The molecule has 0 aliphatic carbocycles. The number of carbonyl (C=O) groups is 2. The van der Waals surface area contributed by atoms with Gasteiger partial charge in [0.25, 0.3) is 5.12 Å². The van der Waals surface area contributed by atoms with Crippen molar-refractivity contribution in [1.82, 2.24) is 0 Å². The van der Waals surface area contributed by atoms with Gasteiger partial charge in [-0.1, -0.05) is 135 Å². The maximum atomic E-state index is 11.1. The van der Waals surface area contributed by atoms with E-state index in [0.29, 0.717) is 12.8 Å². The molecule has 0 rings (SSSR count). The molecular formula is C27H52O6S. The first kappa shape index (κ1) is 33.0. The molecule has 0 amide bonds. The van der Waals surface area contributed by atoms with Crippen LogP contribution < -0.4 is 0 Å². The molecule has 6 nitrogen and oxygen atoms in total. The lowest BCUT2D eigenvalue weighted by Gasteiger charge is -2.04. The molecule has 0 saturated heterocycles. The molecule has 0 unspecified atom stereocenters. The van der Waals surface area contributed by atoms with Crippen LogP contribution in [0.5, 0.6) is 0 Å². The molecule has 0 radical (unpaired) electrons. The van der Waals surface area contributed by atoms with E-state index in [1.807, 2.05) is 0 Å². The molecule has 0 aromatic carbocycles. The van der Waals surface area contributed by atoms with Crippen molar-refractivity contribution in [3.05, 3.63) is 0 Å². The molecule has 0 bridgehead atoms. The average molecular weight is 505 g/mol. The van der Waals surface area contributed by atoms with Crippen LogP contribution in [0.4, 0.5) is 0 Å². The second-order valence-corrected chi connectivity index (χ2v) is 11.3. The number of aliphatic carboxylic acids is 1. The molecule has 0 aliphatic rings. The molecule has 0 aromatic heterocycles. The third-order valence-electron chi connectivity index (χ3n) is 6.56. The number of hydrogen-bond donors (Lipinski definition) is 2. The van der Waals surface area contributed by atoms with Crippen LogP contribution in [0.3, 0.4) is 0 Å². The highest BCUT2D eigenvalue weighted by molar-refractivity contribution is 8.01. The first-order valence-corrected chi connectivity index (χ1v) is 15.5. The van der Waals surface area contributed by atoms with Crippen molar-refractivity contribution in [2.24, 2.45) is 0 Å². The van der Waals surface area contributed by atoms with E-state index in [0.717, 1.165) is 32.1 Å². The molecule has 0 fully saturated rings. The first-order chi connectivity index (χ1) is 16.3. The Morgan fingerprint density at radius 3 is 0.824 bits per heavy atom. The van der Waals surface area contributed by atoms with E-state index < -0.39 is 21.2 Å². The van der Waals surface area contributed by atoms with Gasteiger partial charge in [-0.3, -0.25) is 14.1 Å². The first-order valence-electron chi connectivity index (χ1n) is 14.1. The van der Waals surface area contributed by atoms with Gasteiger partial charge in [-0.15, -0.1) is 0 Å². The van der Waals surface area contributed by atoms with Gasteiger partial charge in [0.05, 0.1) is 0 Å². The third kappa shape index (κ3) is 25.7. The molecule has 2 N–H and O–H groups in total. The summed E-state index contributed by atoms with van der Waals surface area (Å²) in [4.78, 5) is 21.5. The Kier molecular flexibility index (Phi) is 23.1. The fourth-order valence-corrected chi connectivity index (χ4v) is 4.79. The van der Waals surface area contributed by atoms with Crippen LogP contribution in [0.1, 0.15) is 161 Å². The van der Waals surface area contributed by atoms with Gasteiger partial charge in [0.15, 0.2) is 0 Å². The smallest absolute Gasteiger partial charge is 0.328 e. The summed E-state index contributed by atoms with van der Waals surface area (Å²) >= 11 is 0. The normalized spacial score (nSPS) is 11.7. The molecule has 0 atom stereocenters.